The Kier molecular flexibility index (Phi) is 4.08. The molecule has 0 aliphatic carbocycles. The Morgan fingerprint density at radius 3 is 2.70 bits per heavy atom. The monoisotopic (exact) mass is 275 g/mol. The van der Waals surface area contributed by atoms with Gasteiger partial charge in [0, 0.05) is 31.9 Å². The van der Waals surface area contributed by atoms with Crippen molar-refractivity contribution in [1.29, 1.82) is 0 Å². The summed E-state index contributed by atoms with van der Waals surface area (Å²) in [5.41, 5.74) is 1.49. The fourth-order valence-corrected chi connectivity index (χ4v) is 2.06. The predicted molar refractivity (Wildman–Crippen MR) is 78.7 cm³/mol. The highest BCUT2D eigenvalue weighted by Gasteiger charge is 2.13. The Hall–Kier alpha value is -2.30. The maximum atomic E-state index is 13.0. The van der Waals surface area contributed by atoms with Gasteiger partial charge in [0.2, 0.25) is 0 Å². The minimum atomic E-state index is -0.450. The topological polar surface area (TPSA) is 48.4 Å². The summed E-state index contributed by atoms with van der Waals surface area (Å²) < 4.78 is 13.0. The van der Waals surface area contributed by atoms with Crippen molar-refractivity contribution in [2.24, 2.45) is 0 Å². The molecule has 0 amide bonds. The zero-order valence-corrected chi connectivity index (χ0v) is 11.8. The van der Waals surface area contributed by atoms with E-state index < -0.39 is 5.82 Å². The molecule has 0 saturated carbocycles. The van der Waals surface area contributed by atoms with Gasteiger partial charge in [-0.05, 0) is 25.1 Å². The van der Waals surface area contributed by atoms with Gasteiger partial charge < -0.3 is 15.3 Å². The lowest BCUT2D eigenvalue weighted by atomic mass is 10.1. The van der Waals surface area contributed by atoms with Crippen molar-refractivity contribution >= 4 is 11.5 Å². The predicted octanol–water partition coefficient (Wildman–Crippen LogP) is 3.17. The summed E-state index contributed by atoms with van der Waals surface area (Å²) in [5, 5.41) is 13.1. The van der Waals surface area contributed by atoms with Crippen LogP contribution in [-0.2, 0) is 0 Å². The van der Waals surface area contributed by atoms with E-state index in [1.54, 1.807) is 12.3 Å². The number of aromatic hydroxyl groups is 1. The summed E-state index contributed by atoms with van der Waals surface area (Å²) in [6.07, 6.45) is 1.72. The molecule has 5 heteroatoms. The van der Waals surface area contributed by atoms with Crippen LogP contribution >= 0.6 is 0 Å². The molecule has 0 bridgehead atoms. The number of aromatic nitrogens is 1. The molecular formula is C15H18FN3O. The van der Waals surface area contributed by atoms with Crippen molar-refractivity contribution in [2.75, 3.05) is 24.3 Å². The number of nitrogens with one attached hydrogen (secondary N) is 1. The van der Waals surface area contributed by atoms with E-state index in [9.17, 15) is 9.50 Å². The first-order valence-corrected chi connectivity index (χ1v) is 6.36. The fraction of sp³-hybridized carbons (Fsp3) is 0.267. The zero-order chi connectivity index (χ0) is 14.7. The highest BCUT2D eigenvalue weighted by molar-refractivity contribution is 5.65. The van der Waals surface area contributed by atoms with Crippen LogP contribution < -0.4 is 10.2 Å². The number of phenolic OH excluding ortho intramolecular Hbond substituents is 1. The summed E-state index contributed by atoms with van der Waals surface area (Å²) in [6.45, 7) is 1.90. The second-order valence-electron chi connectivity index (χ2n) is 4.84. The summed E-state index contributed by atoms with van der Waals surface area (Å²) in [7, 11) is 3.82. The Labute approximate surface area is 117 Å². The molecule has 0 spiro atoms. The second-order valence-corrected chi connectivity index (χ2v) is 4.84. The van der Waals surface area contributed by atoms with Crippen molar-refractivity contribution in [3.8, 4) is 5.75 Å². The maximum Gasteiger partial charge on any atom is 0.151 e. The number of nitrogens with zero attached hydrogens (tertiary/aromatic N) is 2. The highest BCUT2D eigenvalue weighted by Crippen LogP contribution is 2.30. The number of pyridine rings is 1. The van der Waals surface area contributed by atoms with Gasteiger partial charge in [-0.25, -0.2) is 9.37 Å². The second kappa shape index (κ2) is 5.77. The summed E-state index contributed by atoms with van der Waals surface area (Å²) in [6, 6.07) is 7.62. The van der Waals surface area contributed by atoms with E-state index in [1.807, 2.05) is 38.1 Å². The minimum Gasteiger partial charge on any atom is -0.507 e. The molecule has 0 saturated heterocycles. The molecule has 1 unspecified atom stereocenters. The number of rotatable bonds is 4. The van der Waals surface area contributed by atoms with E-state index in [2.05, 4.69) is 10.3 Å². The molecule has 0 aliphatic heterocycles. The molecular weight excluding hydrogens is 257 g/mol. The Bertz CT molecular complexity index is 601. The number of hydrogen-bond donors (Lipinski definition) is 2. The van der Waals surface area contributed by atoms with Gasteiger partial charge in [0.15, 0.2) is 5.82 Å². The first-order valence-electron chi connectivity index (χ1n) is 6.36. The first-order chi connectivity index (χ1) is 9.49. The van der Waals surface area contributed by atoms with Crippen LogP contribution in [0.3, 0.4) is 0 Å². The quantitative estimate of drug-likeness (QED) is 0.900. The summed E-state index contributed by atoms with van der Waals surface area (Å²) in [4.78, 5) is 6.20. The van der Waals surface area contributed by atoms with E-state index in [-0.39, 0.29) is 11.8 Å². The third-order valence-corrected chi connectivity index (χ3v) is 3.04. The van der Waals surface area contributed by atoms with Crippen molar-refractivity contribution in [2.45, 2.75) is 13.0 Å². The van der Waals surface area contributed by atoms with Gasteiger partial charge in [-0.1, -0.05) is 6.07 Å². The average Bonchev–Trinajstić information content (AvgIpc) is 2.38. The van der Waals surface area contributed by atoms with Gasteiger partial charge in [0.25, 0.3) is 0 Å². The lowest BCUT2D eigenvalue weighted by Crippen LogP contribution is -2.15. The number of phenols is 1. The summed E-state index contributed by atoms with van der Waals surface area (Å²) in [5.74, 6) is 0.301. The first kappa shape index (κ1) is 14.1. The van der Waals surface area contributed by atoms with E-state index in [4.69, 9.17) is 0 Å². The van der Waals surface area contributed by atoms with E-state index >= 15 is 0 Å². The molecule has 1 aromatic carbocycles. The lowest BCUT2D eigenvalue weighted by molar-refractivity contribution is 0.459. The number of hydrogen-bond acceptors (Lipinski definition) is 4. The molecule has 1 aromatic heterocycles. The average molecular weight is 275 g/mol. The van der Waals surface area contributed by atoms with E-state index in [1.165, 1.54) is 6.07 Å². The normalized spacial score (nSPS) is 12.0. The number of halogens is 1. The minimum absolute atomic E-state index is 0.0553. The molecule has 106 valence electrons. The molecule has 2 aromatic rings. The van der Waals surface area contributed by atoms with Crippen LogP contribution in [0, 0.1) is 5.82 Å². The molecule has 2 rings (SSSR count). The third kappa shape index (κ3) is 2.99. The molecule has 4 nitrogen and oxygen atoms in total. The van der Waals surface area contributed by atoms with Crippen LogP contribution in [0.15, 0.2) is 36.5 Å². The number of benzene rings is 1. The van der Waals surface area contributed by atoms with E-state index in [0.717, 1.165) is 17.6 Å². The summed E-state index contributed by atoms with van der Waals surface area (Å²) >= 11 is 0. The Morgan fingerprint density at radius 2 is 2.05 bits per heavy atom. The molecule has 20 heavy (non-hydrogen) atoms. The third-order valence-electron chi connectivity index (χ3n) is 3.04. The molecule has 0 aliphatic rings. The van der Waals surface area contributed by atoms with Crippen molar-refractivity contribution in [3.63, 3.8) is 0 Å². The fourth-order valence-electron chi connectivity index (χ4n) is 2.06. The molecule has 0 fully saturated rings. The van der Waals surface area contributed by atoms with Crippen LogP contribution in [0.1, 0.15) is 18.5 Å². The van der Waals surface area contributed by atoms with Crippen molar-refractivity contribution in [1.82, 2.24) is 4.98 Å². The van der Waals surface area contributed by atoms with Crippen LogP contribution in [0.5, 0.6) is 5.75 Å². The van der Waals surface area contributed by atoms with Gasteiger partial charge in [0.05, 0.1) is 11.7 Å². The standard InChI is InChI=1S/C15H18FN3O/c1-10(12-7-6-11(16)9-14(12)20)18-13-5-4-8-17-15(13)19(2)3/h4-10,18,20H,1-3H3. The van der Waals surface area contributed by atoms with Gasteiger partial charge in [-0.3, -0.25) is 0 Å². The number of anilines is 2. The van der Waals surface area contributed by atoms with Crippen LogP contribution in [0.4, 0.5) is 15.9 Å². The van der Waals surface area contributed by atoms with Gasteiger partial charge in [-0.15, -0.1) is 0 Å². The SMILES string of the molecule is CC(Nc1cccnc1N(C)C)c1ccc(F)cc1O. The van der Waals surface area contributed by atoms with Crippen molar-refractivity contribution in [3.05, 3.63) is 47.9 Å². The van der Waals surface area contributed by atoms with Gasteiger partial charge in [0.1, 0.15) is 11.6 Å². The van der Waals surface area contributed by atoms with Gasteiger partial charge >= 0.3 is 0 Å². The largest absolute Gasteiger partial charge is 0.507 e. The van der Waals surface area contributed by atoms with Crippen molar-refractivity contribution < 1.29 is 9.50 Å². The van der Waals surface area contributed by atoms with Crippen LogP contribution in [-0.4, -0.2) is 24.2 Å². The Morgan fingerprint density at radius 1 is 1.30 bits per heavy atom. The molecule has 1 heterocycles. The molecule has 1 atom stereocenters. The van der Waals surface area contributed by atoms with E-state index in [0.29, 0.717) is 5.56 Å². The van der Waals surface area contributed by atoms with Crippen LogP contribution in [0.2, 0.25) is 0 Å². The smallest absolute Gasteiger partial charge is 0.151 e. The molecule has 0 radical (unpaired) electrons. The maximum absolute atomic E-state index is 13.0. The molecule has 2 N–H and O–H groups in total. The van der Waals surface area contributed by atoms with Crippen LogP contribution in [0.25, 0.3) is 0 Å². The Balaban J connectivity index is 2.26. The van der Waals surface area contributed by atoms with Gasteiger partial charge in [-0.2, -0.15) is 0 Å². The zero-order valence-electron chi connectivity index (χ0n) is 11.8. The lowest BCUT2D eigenvalue weighted by Gasteiger charge is -2.21. The highest BCUT2D eigenvalue weighted by atomic mass is 19.1.